The van der Waals surface area contributed by atoms with Gasteiger partial charge in [-0.25, -0.2) is 4.79 Å². The quantitative estimate of drug-likeness (QED) is 0.592. The molecule has 1 aliphatic heterocycles. The Bertz CT molecular complexity index is 1100. The number of amides is 1. The van der Waals surface area contributed by atoms with Crippen LogP contribution < -0.4 is 9.64 Å². The summed E-state index contributed by atoms with van der Waals surface area (Å²) in [6, 6.07) is 15.2. The summed E-state index contributed by atoms with van der Waals surface area (Å²) in [7, 11) is 1.31. The minimum absolute atomic E-state index is 0.0398. The number of hydrogen-bond acceptors (Lipinski definition) is 6. The SMILES string of the molecule is COC(=O)COc1cccc(C(=O)N2CCN(c3cccc4cnccc34)CC2C)c1. The highest BCUT2D eigenvalue weighted by atomic mass is 16.6. The molecule has 7 nitrogen and oxygen atoms in total. The van der Waals surface area contributed by atoms with Crippen LogP contribution in [0.25, 0.3) is 10.8 Å². The predicted octanol–water partition coefficient (Wildman–Crippen LogP) is 3.14. The molecule has 160 valence electrons. The lowest BCUT2D eigenvalue weighted by Gasteiger charge is -2.41. The van der Waals surface area contributed by atoms with E-state index in [9.17, 15) is 9.59 Å². The Morgan fingerprint density at radius 3 is 2.77 bits per heavy atom. The van der Waals surface area contributed by atoms with Gasteiger partial charge in [0.05, 0.1) is 7.11 Å². The minimum atomic E-state index is -0.467. The fraction of sp³-hybridized carbons (Fsp3) is 0.292. The number of methoxy groups -OCH3 is 1. The van der Waals surface area contributed by atoms with Crippen molar-refractivity contribution in [3.8, 4) is 5.75 Å². The maximum Gasteiger partial charge on any atom is 0.343 e. The van der Waals surface area contributed by atoms with Crippen LogP contribution in [0.15, 0.2) is 60.9 Å². The van der Waals surface area contributed by atoms with Crippen LogP contribution in [0.4, 0.5) is 5.69 Å². The third-order valence-electron chi connectivity index (χ3n) is 5.55. The lowest BCUT2D eigenvalue weighted by molar-refractivity contribution is -0.142. The first kappa shape index (κ1) is 20.7. The molecule has 1 saturated heterocycles. The van der Waals surface area contributed by atoms with Crippen molar-refractivity contribution in [2.45, 2.75) is 13.0 Å². The number of carbonyl (C=O) groups is 2. The highest BCUT2D eigenvalue weighted by Gasteiger charge is 2.29. The van der Waals surface area contributed by atoms with Crippen LogP contribution in [-0.2, 0) is 9.53 Å². The van der Waals surface area contributed by atoms with Crippen molar-refractivity contribution in [2.75, 3.05) is 38.3 Å². The maximum atomic E-state index is 13.2. The molecule has 4 rings (SSSR count). The molecule has 0 spiro atoms. The number of fused-ring (bicyclic) bond motifs is 1. The molecule has 2 aromatic carbocycles. The number of pyridine rings is 1. The molecular formula is C24H25N3O4. The Labute approximate surface area is 181 Å². The Balaban J connectivity index is 1.46. The maximum absolute atomic E-state index is 13.2. The molecule has 0 N–H and O–H groups in total. The van der Waals surface area contributed by atoms with Crippen LogP contribution in [0.5, 0.6) is 5.75 Å². The number of carbonyl (C=O) groups excluding carboxylic acids is 2. The zero-order chi connectivity index (χ0) is 21.8. The van der Waals surface area contributed by atoms with E-state index >= 15 is 0 Å². The number of hydrogen-bond donors (Lipinski definition) is 0. The van der Waals surface area contributed by atoms with Crippen LogP contribution in [0.2, 0.25) is 0 Å². The number of benzene rings is 2. The molecule has 2 heterocycles. The third-order valence-corrected chi connectivity index (χ3v) is 5.55. The van der Waals surface area contributed by atoms with E-state index in [-0.39, 0.29) is 18.6 Å². The van der Waals surface area contributed by atoms with Gasteiger partial charge in [0.15, 0.2) is 6.61 Å². The van der Waals surface area contributed by atoms with Gasteiger partial charge in [0.25, 0.3) is 5.91 Å². The summed E-state index contributed by atoms with van der Waals surface area (Å²) in [5.74, 6) is -0.0459. The van der Waals surface area contributed by atoms with Gasteiger partial charge in [-0.3, -0.25) is 9.78 Å². The van der Waals surface area contributed by atoms with Crippen LogP contribution in [0, 0.1) is 0 Å². The first-order valence-electron chi connectivity index (χ1n) is 10.2. The van der Waals surface area contributed by atoms with Crippen molar-refractivity contribution in [1.29, 1.82) is 0 Å². The van der Waals surface area contributed by atoms with Gasteiger partial charge in [0, 0.05) is 60.1 Å². The first-order chi connectivity index (χ1) is 15.1. The van der Waals surface area contributed by atoms with E-state index in [1.54, 1.807) is 24.3 Å². The molecular weight excluding hydrogens is 394 g/mol. The smallest absolute Gasteiger partial charge is 0.343 e. The van der Waals surface area contributed by atoms with Crippen LogP contribution in [-0.4, -0.2) is 61.2 Å². The number of anilines is 1. The van der Waals surface area contributed by atoms with E-state index in [2.05, 4.69) is 33.7 Å². The summed E-state index contributed by atoms with van der Waals surface area (Å²) >= 11 is 0. The lowest BCUT2D eigenvalue weighted by atomic mass is 10.1. The largest absolute Gasteiger partial charge is 0.482 e. The molecule has 1 fully saturated rings. The predicted molar refractivity (Wildman–Crippen MR) is 118 cm³/mol. The minimum Gasteiger partial charge on any atom is -0.482 e. The number of ether oxygens (including phenoxy) is 2. The Morgan fingerprint density at radius 2 is 1.97 bits per heavy atom. The normalized spacial score (nSPS) is 16.3. The highest BCUT2D eigenvalue weighted by molar-refractivity contribution is 5.96. The molecule has 1 atom stereocenters. The summed E-state index contributed by atoms with van der Waals surface area (Å²) in [4.78, 5) is 32.9. The van der Waals surface area contributed by atoms with Gasteiger partial charge in [0.2, 0.25) is 0 Å². The van der Waals surface area contributed by atoms with Gasteiger partial charge < -0.3 is 19.3 Å². The average Bonchev–Trinajstić information content (AvgIpc) is 2.81. The number of rotatable bonds is 5. The lowest BCUT2D eigenvalue weighted by Crippen LogP contribution is -2.54. The van der Waals surface area contributed by atoms with Crippen LogP contribution in [0.3, 0.4) is 0 Å². The van der Waals surface area contributed by atoms with E-state index in [0.29, 0.717) is 17.9 Å². The summed E-state index contributed by atoms with van der Waals surface area (Å²) < 4.78 is 10.0. The molecule has 1 aliphatic rings. The van der Waals surface area contributed by atoms with Gasteiger partial charge >= 0.3 is 5.97 Å². The molecule has 7 heteroatoms. The number of esters is 1. The fourth-order valence-corrected chi connectivity index (χ4v) is 3.95. The van der Waals surface area contributed by atoms with E-state index in [0.717, 1.165) is 24.2 Å². The zero-order valence-electron chi connectivity index (χ0n) is 17.7. The average molecular weight is 419 g/mol. The fourth-order valence-electron chi connectivity index (χ4n) is 3.95. The third kappa shape index (κ3) is 4.45. The summed E-state index contributed by atoms with van der Waals surface area (Å²) in [5, 5.41) is 2.27. The second-order valence-corrected chi connectivity index (χ2v) is 7.56. The van der Waals surface area contributed by atoms with Crippen molar-refractivity contribution >= 4 is 28.3 Å². The molecule has 1 aromatic heterocycles. The topological polar surface area (TPSA) is 72.0 Å². The highest BCUT2D eigenvalue weighted by Crippen LogP contribution is 2.28. The van der Waals surface area contributed by atoms with Crippen molar-refractivity contribution in [2.24, 2.45) is 0 Å². The van der Waals surface area contributed by atoms with E-state index in [4.69, 9.17) is 4.74 Å². The van der Waals surface area contributed by atoms with Gasteiger partial charge in [-0.05, 0) is 37.3 Å². The molecule has 1 amide bonds. The van der Waals surface area contributed by atoms with Crippen molar-refractivity contribution < 1.29 is 19.1 Å². The molecule has 3 aromatic rings. The number of aromatic nitrogens is 1. The molecule has 1 unspecified atom stereocenters. The Hall–Kier alpha value is -3.61. The first-order valence-corrected chi connectivity index (χ1v) is 10.2. The molecule has 31 heavy (non-hydrogen) atoms. The number of piperazine rings is 1. The molecule has 0 saturated carbocycles. The Morgan fingerprint density at radius 1 is 1.13 bits per heavy atom. The summed E-state index contributed by atoms with van der Waals surface area (Å²) in [6.07, 6.45) is 3.68. The van der Waals surface area contributed by atoms with E-state index in [1.807, 2.05) is 29.4 Å². The molecule has 0 radical (unpaired) electrons. The van der Waals surface area contributed by atoms with Gasteiger partial charge in [-0.2, -0.15) is 0 Å². The Kier molecular flexibility index (Phi) is 6.02. The summed E-state index contributed by atoms with van der Waals surface area (Å²) in [6.45, 7) is 3.98. The molecule has 0 bridgehead atoms. The van der Waals surface area contributed by atoms with E-state index < -0.39 is 5.97 Å². The zero-order valence-corrected chi connectivity index (χ0v) is 17.7. The van der Waals surface area contributed by atoms with Crippen molar-refractivity contribution in [3.05, 3.63) is 66.5 Å². The number of nitrogens with zero attached hydrogens (tertiary/aromatic N) is 3. The van der Waals surface area contributed by atoms with Gasteiger partial charge in [0.1, 0.15) is 5.75 Å². The van der Waals surface area contributed by atoms with Gasteiger partial charge in [-0.15, -0.1) is 0 Å². The monoisotopic (exact) mass is 419 g/mol. The second-order valence-electron chi connectivity index (χ2n) is 7.56. The van der Waals surface area contributed by atoms with Crippen LogP contribution in [0.1, 0.15) is 17.3 Å². The standard InChI is InChI=1S/C24H25N3O4/c1-17-15-26(22-8-4-6-19-14-25-10-9-21(19)22)11-12-27(17)24(29)18-5-3-7-20(13-18)31-16-23(28)30-2/h3-10,13-14,17H,11-12,15-16H2,1-2H3. The van der Waals surface area contributed by atoms with E-state index in [1.165, 1.54) is 12.5 Å². The summed E-state index contributed by atoms with van der Waals surface area (Å²) in [5.41, 5.74) is 1.70. The van der Waals surface area contributed by atoms with Crippen molar-refractivity contribution in [3.63, 3.8) is 0 Å². The second kappa shape index (κ2) is 9.04. The van der Waals surface area contributed by atoms with Crippen molar-refractivity contribution in [1.82, 2.24) is 9.88 Å². The van der Waals surface area contributed by atoms with Gasteiger partial charge in [-0.1, -0.05) is 18.2 Å². The molecule has 0 aliphatic carbocycles. The van der Waals surface area contributed by atoms with Crippen LogP contribution >= 0.6 is 0 Å².